The normalized spacial score (nSPS) is 12.8. The molecule has 2 rings (SSSR count). The van der Waals surface area contributed by atoms with Crippen molar-refractivity contribution in [1.29, 1.82) is 0 Å². The van der Waals surface area contributed by atoms with Gasteiger partial charge >= 0.3 is 0 Å². The molecule has 0 bridgehead atoms. The fourth-order valence-electron chi connectivity index (χ4n) is 2.12. The smallest absolute Gasteiger partial charge is 0.0562 e. The Morgan fingerprint density at radius 1 is 1.32 bits per heavy atom. The summed E-state index contributed by atoms with van der Waals surface area (Å²) in [6.07, 6.45) is 1.06. The van der Waals surface area contributed by atoms with Crippen LogP contribution in [-0.2, 0) is 6.42 Å². The Morgan fingerprint density at radius 3 is 2.63 bits per heavy atom. The Kier molecular flexibility index (Phi) is 5.58. The first-order valence-electron chi connectivity index (χ1n) is 6.39. The summed E-state index contributed by atoms with van der Waals surface area (Å²) in [5.74, 6) is 0. The predicted molar refractivity (Wildman–Crippen MR) is 86.6 cm³/mol. The number of nitrogens with zero attached hydrogens (tertiary/aromatic N) is 1. The second kappa shape index (κ2) is 7.20. The SMILES string of the molecule is CN(CCc1ccccc1)C(CN)c1cc(Br)cs1. The van der Waals surface area contributed by atoms with Crippen LogP contribution < -0.4 is 5.73 Å². The van der Waals surface area contributed by atoms with Crippen molar-refractivity contribution < 1.29 is 0 Å². The zero-order chi connectivity index (χ0) is 13.7. The maximum atomic E-state index is 5.93. The summed E-state index contributed by atoms with van der Waals surface area (Å²) in [6, 6.07) is 13.1. The van der Waals surface area contributed by atoms with E-state index >= 15 is 0 Å². The molecule has 0 fully saturated rings. The van der Waals surface area contributed by atoms with Crippen molar-refractivity contribution in [3.05, 3.63) is 56.7 Å². The van der Waals surface area contributed by atoms with Crippen molar-refractivity contribution in [2.75, 3.05) is 20.1 Å². The van der Waals surface area contributed by atoms with Gasteiger partial charge in [-0.25, -0.2) is 0 Å². The van der Waals surface area contributed by atoms with Crippen LogP contribution in [0.3, 0.4) is 0 Å². The van der Waals surface area contributed by atoms with Crippen LogP contribution in [0.5, 0.6) is 0 Å². The largest absolute Gasteiger partial charge is 0.329 e. The van der Waals surface area contributed by atoms with E-state index in [2.05, 4.69) is 69.7 Å². The maximum Gasteiger partial charge on any atom is 0.0562 e. The van der Waals surface area contributed by atoms with Crippen molar-refractivity contribution >= 4 is 27.3 Å². The zero-order valence-electron chi connectivity index (χ0n) is 11.1. The molecule has 0 aliphatic heterocycles. The van der Waals surface area contributed by atoms with Gasteiger partial charge in [0.05, 0.1) is 6.04 Å². The molecule has 0 aliphatic rings. The summed E-state index contributed by atoms with van der Waals surface area (Å²) in [7, 11) is 2.15. The summed E-state index contributed by atoms with van der Waals surface area (Å²) in [6.45, 7) is 1.67. The minimum Gasteiger partial charge on any atom is -0.329 e. The average molecular weight is 339 g/mol. The molecular formula is C15H19BrN2S. The number of nitrogens with two attached hydrogens (primary N) is 1. The van der Waals surface area contributed by atoms with Crippen molar-refractivity contribution in [2.24, 2.45) is 5.73 Å². The third kappa shape index (κ3) is 4.14. The molecule has 1 heterocycles. The monoisotopic (exact) mass is 338 g/mol. The van der Waals surface area contributed by atoms with Gasteiger partial charge in [-0.2, -0.15) is 0 Å². The lowest BCUT2D eigenvalue weighted by Gasteiger charge is -2.26. The van der Waals surface area contributed by atoms with Crippen LogP contribution in [0.4, 0.5) is 0 Å². The second-order valence-electron chi connectivity index (χ2n) is 4.63. The fraction of sp³-hybridized carbons (Fsp3) is 0.333. The van der Waals surface area contributed by atoms with Crippen molar-refractivity contribution in [1.82, 2.24) is 4.90 Å². The lowest BCUT2D eigenvalue weighted by atomic mass is 10.1. The number of likely N-dealkylation sites (N-methyl/N-ethyl adjacent to an activating group) is 1. The molecule has 1 atom stereocenters. The molecule has 0 aliphatic carbocycles. The number of thiophene rings is 1. The van der Waals surface area contributed by atoms with Gasteiger partial charge in [0.2, 0.25) is 0 Å². The topological polar surface area (TPSA) is 29.3 Å². The minimum absolute atomic E-state index is 0.306. The molecule has 2 nitrogen and oxygen atoms in total. The summed E-state index contributed by atoms with van der Waals surface area (Å²) < 4.78 is 1.14. The van der Waals surface area contributed by atoms with E-state index in [1.807, 2.05) is 0 Å². The summed E-state index contributed by atoms with van der Waals surface area (Å²) in [5.41, 5.74) is 7.31. The van der Waals surface area contributed by atoms with Gasteiger partial charge in [-0.3, -0.25) is 4.90 Å². The molecule has 1 aromatic heterocycles. The van der Waals surface area contributed by atoms with Crippen LogP contribution in [0, 0.1) is 0 Å². The highest BCUT2D eigenvalue weighted by Crippen LogP contribution is 2.28. The highest BCUT2D eigenvalue weighted by atomic mass is 79.9. The Labute approximate surface area is 127 Å². The molecule has 2 N–H and O–H groups in total. The lowest BCUT2D eigenvalue weighted by molar-refractivity contribution is 0.256. The summed E-state index contributed by atoms with van der Waals surface area (Å²) in [4.78, 5) is 3.66. The van der Waals surface area contributed by atoms with Crippen molar-refractivity contribution in [3.8, 4) is 0 Å². The standard InChI is InChI=1S/C15H19BrN2S/c1-18(8-7-12-5-3-2-4-6-12)14(10-17)15-9-13(16)11-19-15/h2-6,9,11,14H,7-8,10,17H2,1H3. The van der Waals surface area contributed by atoms with E-state index < -0.39 is 0 Å². The first kappa shape index (κ1) is 14.7. The van der Waals surface area contributed by atoms with E-state index in [1.165, 1.54) is 10.4 Å². The van der Waals surface area contributed by atoms with Crippen LogP contribution >= 0.6 is 27.3 Å². The molecular weight excluding hydrogens is 320 g/mol. The maximum absolute atomic E-state index is 5.93. The lowest BCUT2D eigenvalue weighted by Crippen LogP contribution is -2.31. The number of rotatable bonds is 6. The molecule has 102 valence electrons. The molecule has 0 saturated heterocycles. The summed E-state index contributed by atoms with van der Waals surface area (Å²) >= 11 is 5.27. The van der Waals surface area contributed by atoms with E-state index in [-0.39, 0.29) is 0 Å². The number of benzene rings is 1. The molecule has 19 heavy (non-hydrogen) atoms. The van der Waals surface area contributed by atoms with Crippen LogP contribution in [0.25, 0.3) is 0 Å². The van der Waals surface area contributed by atoms with Crippen molar-refractivity contribution in [2.45, 2.75) is 12.5 Å². The Morgan fingerprint density at radius 2 is 2.05 bits per heavy atom. The highest BCUT2D eigenvalue weighted by Gasteiger charge is 2.16. The van der Waals surface area contributed by atoms with Gasteiger partial charge < -0.3 is 5.73 Å². The highest BCUT2D eigenvalue weighted by molar-refractivity contribution is 9.10. The van der Waals surface area contributed by atoms with Gasteiger partial charge in [-0.15, -0.1) is 11.3 Å². The molecule has 1 unspecified atom stereocenters. The number of hydrogen-bond acceptors (Lipinski definition) is 3. The van der Waals surface area contributed by atoms with Gasteiger partial charge in [0.1, 0.15) is 0 Å². The van der Waals surface area contributed by atoms with E-state index in [1.54, 1.807) is 11.3 Å². The fourth-order valence-corrected chi connectivity index (χ4v) is 3.75. The first-order chi connectivity index (χ1) is 9.20. The van der Waals surface area contributed by atoms with Crippen LogP contribution in [0.2, 0.25) is 0 Å². The van der Waals surface area contributed by atoms with Gasteiger partial charge in [0.25, 0.3) is 0 Å². The quantitative estimate of drug-likeness (QED) is 0.870. The molecule has 1 aromatic carbocycles. The molecule has 0 radical (unpaired) electrons. The minimum atomic E-state index is 0.306. The Balaban J connectivity index is 1.96. The zero-order valence-corrected chi connectivity index (χ0v) is 13.5. The van der Waals surface area contributed by atoms with Gasteiger partial charge in [-0.1, -0.05) is 30.3 Å². The molecule has 0 saturated carbocycles. The third-order valence-corrected chi connectivity index (χ3v) is 5.06. The number of halogens is 1. The Bertz CT molecular complexity index is 498. The van der Waals surface area contributed by atoms with Gasteiger partial charge in [0.15, 0.2) is 0 Å². The van der Waals surface area contributed by atoms with Gasteiger partial charge in [-0.05, 0) is 41.0 Å². The molecule has 4 heteroatoms. The summed E-state index contributed by atoms with van der Waals surface area (Å²) in [5, 5.41) is 2.11. The number of hydrogen-bond donors (Lipinski definition) is 1. The predicted octanol–water partition coefficient (Wildman–Crippen LogP) is 3.68. The van der Waals surface area contributed by atoms with Crippen LogP contribution in [0.15, 0.2) is 46.3 Å². The molecule has 2 aromatic rings. The van der Waals surface area contributed by atoms with Crippen LogP contribution in [0.1, 0.15) is 16.5 Å². The van der Waals surface area contributed by atoms with Gasteiger partial charge in [0, 0.05) is 27.8 Å². The van der Waals surface area contributed by atoms with E-state index in [9.17, 15) is 0 Å². The van der Waals surface area contributed by atoms with E-state index in [4.69, 9.17) is 5.73 Å². The van der Waals surface area contributed by atoms with E-state index in [0.717, 1.165) is 17.4 Å². The first-order valence-corrected chi connectivity index (χ1v) is 8.06. The average Bonchev–Trinajstić information content (AvgIpc) is 2.85. The Hall–Kier alpha value is -0.680. The van der Waals surface area contributed by atoms with Crippen molar-refractivity contribution in [3.63, 3.8) is 0 Å². The third-order valence-electron chi connectivity index (χ3n) is 3.27. The second-order valence-corrected chi connectivity index (χ2v) is 6.49. The molecule has 0 spiro atoms. The van der Waals surface area contributed by atoms with E-state index in [0.29, 0.717) is 12.6 Å². The molecule has 0 amide bonds. The van der Waals surface area contributed by atoms with Crippen LogP contribution in [-0.4, -0.2) is 25.0 Å².